The van der Waals surface area contributed by atoms with Crippen molar-refractivity contribution in [3.63, 3.8) is 0 Å². The van der Waals surface area contributed by atoms with Crippen LogP contribution in [0.1, 0.15) is 0 Å². The van der Waals surface area contributed by atoms with Crippen LogP contribution in [0.15, 0.2) is 23.4 Å². The van der Waals surface area contributed by atoms with E-state index in [1.165, 1.54) is 18.2 Å². The molecule has 1 aromatic carbocycles. The third-order valence-electron chi connectivity index (χ3n) is 1.01. The van der Waals surface area contributed by atoms with Crippen molar-refractivity contribution in [3.8, 4) is 0 Å². The quantitative estimate of drug-likeness (QED) is 0.603. The van der Waals surface area contributed by atoms with E-state index in [9.17, 15) is 4.91 Å². The summed E-state index contributed by atoms with van der Waals surface area (Å²) in [7, 11) is 0. The zero-order valence-corrected chi connectivity index (χ0v) is 6.36. The molecule has 0 heterocycles. The predicted octanol–water partition coefficient (Wildman–Crippen LogP) is 3.39. The van der Waals surface area contributed by atoms with Crippen LogP contribution in [0.5, 0.6) is 0 Å². The molecule has 0 aromatic heterocycles. The zero-order valence-electron chi connectivity index (χ0n) is 4.84. The molecule has 0 fully saturated rings. The van der Waals surface area contributed by atoms with Crippen molar-refractivity contribution in [1.82, 2.24) is 0 Å². The Morgan fingerprint density at radius 1 is 1.20 bits per heavy atom. The summed E-state index contributed by atoms with van der Waals surface area (Å²) < 4.78 is 0. The minimum Gasteiger partial charge on any atom is -0.145 e. The Morgan fingerprint density at radius 2 is 1.90 bits per heavy atom. The molecule has 10 heavy (non-hydrogen) atoms. The molecule has 52 valence electrons. The summed E-state index contributed by atoms with van der Waals surface area (Å²) in [5, 5.41) is 3.45. The second-order valence-corrected chi connectivity index (χ2v) is 2.50. The van der Waals surface area contributed by atoms with E-state index in [-0.39, 0.29) is 5.69 Å². The smallest absolute Gasteiger partial charge is 0.109 e. The van der Waals surface area contributed by atoms with Crippen molar-refractivity contribution in [2.45, 2.75) is 0 Å². The van der Waals surface area contributed by atoms with Crippen LogP contribution in [0.2, 0.25) is 10.0 Å². The average molecular weight is 176 g/mol. The third kappa shape index (κ3) is 1.46. The largest absolute Gasteiger partial charge is 0.145 e. The molecule has 0 aliphatic rings. The summed E-state index contributed by atoms with van der Waals surface area (Å²) in [4.78, 5) is 9.92. The Bertz CT molecular complexity index is 262. The van der Waals surface area contributed by atoms with Gasteiger partial charge in [-0.15, -0.1) is 4.91 Å². The second kappa shape index (κ2) is 2.99. The monoisotopic (exact) mass is 175 g/mol. The highest BCUT2D eigenvalue weighted by Crippen LogP contribution is 2.25. The van der Waals surface area contributed by atoms with Gasteiger partial charge in [0.2, 0.25) is 0 Å². The lowest BCUT2D eigenvalue weighted by Gasteiger charge is -1.92. The van der Waals surface area contributed by atoms with Gasteiger partial charge in [-0.3, -0.25) is 0 Å². The number of hydrogen-bond donors (Lipinski definition) is 0. The molecule has 0 saturated carbocycles. The van der Waals surface area contributed by atoms with E-state index in [1.807, 2.05) is 0 Å². The first-order valence-electron chi connectivity index (χ1n) is 2.52. The minimum absolute atomic E-state index is 0.286. The van der Waals surface area contributed by atoms with Gasteiger partial charge in [-0.05, 0) is 23.4 Å². The SMILES string of the molecule is O=Nc1ccc(Cl)c(Cl)c1. The van der Waals surface area contributed by atoms with Crippen molar-refractivity contribution in [2.75, 3.05) is 0 Å². The maximum Gasteiger partial charge on any atom is 0.109 e. The van der Waals surface area contributed by atoms with Gasteiger partial charge in [-0.25, -0.2) is 0 Å². The van der Waals surface area contributed by atoms with Crippen LogP contribution in [0.4, 0.5) is 5.69 Å². The van der Waals surface area contributed by atoms with Crippen molar-refractivity contribution < 1.29 is 0 Å². The number of nitrogens with zero attached hydrogens (tertiary/aromatic N) is 1. The lowest BCUT2D eigenvalue weighted by molar-refractivity contribution is 1.50. The van der Waals surface area contributed by atoms with Gasteiger partial charge < -0.3 is 0 Å². The molecular formula is C6H3Cl2NO. The molecule has 0 amide bonds. The van der Waals surface area contributed by atoms with Crippen molar-refractivity contribution in [1.29, 1.82) is 0 Å². The molecule has 0 saturated heterocycles. The molecule has 4 heteroatoms. The fourth-order valence-corrected chi connectivity index (χ4v) is 0.834. The molecule has 0 spiro atoms. The maximum absolute atomic E-state index is 9.92. The maximum atomic E-state index is 9.92. The molecule has 0 aliphatic heterocycles. The van der Waals surface area contributed by atoms with Gasteiger partial charge in [-0.1, -0.05) is 23.2 Å². The predicted molar refractivity (Wildman–Crippen MR) is 41.9 cm³/mol. The van der Waals surface area contributed by atoms with Crippen LogP contribution in [0.25, 0.3) is 0 Å². The van der Waals surface area contributed by atoms with E-state index < -0.39 is 0 Å². The van der Waals surface area contributed by atoms with Crippen molar-refractivity contribution in [2.24, 2.45) is 5.18 Å². The Hall–Kier alpha value is -0.600. The number of hydrogen-bond acceptors (Lipinski definition) is 2. The molecule has 2 nitrogen and oxygen atoms in total. The highest BCUT2D eigenvalue weighted by atomic mass is 35.5. The Balaban J connectivity index is 3.16. The number of rotatable bonds is 1. The summed E-state index contributed by atoms with van der Waals surface area (Å²) in [5.74, 6) is 0. The average Bonchev–Trinajstić information content (AvgIpc) is 1.95. The van der Waals surface area contributed by atoms with E-state index >= 15 is 0 Å². The van der Waals surface area contributed by atoms with E-state index in [0.717, 1.165) is 0 Å². The molecule has 0 radical (unpaired) electrons. The van der Waals surface area contributed by atoms with Crippen LogP contribution in [0.3, 0.4) is 0 Å². The standard InChI is InChI=1S/C6H3Cl2NO/c7-5-2-1-4(9-10)3-6(5)8/h1-3H. The highest BCUT2D eigenvalue weighted by Gasteiger charge is 1.97. The van der Waals surface area contributed by atoms with Crippen LogP contribution in [-0.2, 0) is 0 Å². The van der Waals surface area contributed by atoms with Gasteiger partial charge in [0, 0.05) is 0 Å². The Labute approximate surface area is 67.7 Å². The van der Waals surface area contributed by atoms with Crippen molar-refractivity contribution >= 4 is 28.9 Å². The van der Waals surface area contributed by atoms with E-state index in [4.69, 9.17) is 23.2 Å². The molecule has 0 bridgehead atoms. The third-order valence-corrected chi connectivity index (χ3v) is 1.75. The lowest BCUT2D eigenvalue weighted by Crippen LogP contribution is -1.66. The summed E-state index contributed by atoms with van der Waals surface area (Å²) in [6.45, 7) is 0. The van der Waals surface area contributed by atoms with Crippen LogP contribution >= 0.6 is 23.2 Å². The van der Waals surface area contributed by atoms with E-state index in [0.29, 0.717) is 10.0 Å². The summed E-state index contributed by atoms with van der Waals surface area (Å²) in [5.41, 5.74) is 0.286. The van der Waals surface area contributed by atoms with Gasteiger partial charge in [0.25, 0.3) is 0 Å². The molecule has 0 N–H and O–H groups in total. The van der Waals surface area contributed by atoms with Gasteiger partial charge in [0.05, 0.1) is 10.0 Å². The Kier molecular flexibility index (Phi) is 2.25. The zero-order chi connectivity index (χ0) is 7.56. The molecule has 1 aromatic rings. The van der Waals surface area contributed by atoms with Crippen LogP contribution in [-0.4, -0.2) is 0 Å². The fraction of sp³-hybridized carbons (Fsp3) is 0. The van der Waals surface area contributed by atoms with Gasteiger partial charge in [0.15, 0.2) is 0 Å². The van der Waals surface area contributed by atoms with Gasteiger partial charge >= 0.3 is 0 Å². The summed E-state index contributed by atoms with van der Waals surface area (Å²) in [6, 6.07) is 4.44. The first-order chi connectivity index (χ1) is 4.74. The topological polar surface area (TPSA) is 29.4 Å². The summed E-state index contributed by atoms with van der Waals surface area (Å²) in [6.07, 6.45) is 0. The van der Waals surface area contributed by atoms with Crippen LogP contribution < -0.4 is 0 Å². The fourth-order valence-electron chi connectivity index (χ4n) is 0.542. The lowest BCUT2D eigenvalue weighted by atomic mass is 10.3. The van der Waals surface area contributed by atoms with E-state index in [1.54, 1.807) is 0 Å². The van der Waals surface area contributed by atoms with Crippen molar-refractivity contribution in [3.05, 3.63) is 33.2 Å². The molecule has 0 aliphatic carbocycles. The number of halogens is 2. The highest BCUT2D eigenvalue weighted by molar-refractivity contribution is 6.42. The summed E-state index contributed by atoms with van der Waals surface area (Å²) >= 11 is 11.1. The first kappa shape index (κ1) is 7.51. The van der Waals surface area contributed by atoms with Crippen LogP contribution in [0, 0.1) is 4.91 Å². The molecule has 1 rings (SSSR count). The molecule has 0 atom stereocenters. The first-order valence-corrected chi connectivity index (χ1v) is 3.28. The van der Waals surface area contributed by atoms with Gasteiger partial charge in [-0.2, -0.15) is 0 Å². The number of nitroso groups, excluding NO2 is 1. The Morgan fingerprint density at radius 3 is 2.40 bits per heavy atom. The molecule has 0 unspecified atom stereocenters. The van der Waals surface area contributed by atoms with Gasteiger partial charge in [0.1, 0.15) is 5.69 Å². The molecular weight excluding hydrogens is 173 g/mol. The second-order valence-electron chi connectivity index (χ2n) is 1.69. The number of benzene rings is 1. The van der Waals surface area contributed by atoms with E-state index in [2.05, 4.69) is 5.18 Å². The minimum atomic E-state index is 0.286. The normalized spacial score (nSPS) is 9.40.